The number of carbonyl (C=O) groups is 1. The van der Waals surface area contributed by atoms with Crippen molar-refractivity contribution in [2.75, 3.05) is 24.7 Å². The van der Waals surface area contributed by atoms with Crippen LogP contribution in [0.5, 0.6) is 5.88 Å². The Labute approximate surface area is 158 Å². The molecule has 140 valence electrons. The van der Waals surface area contributed by atoms with Crippen LogP contribution in [0.25, 0.3) is 0 Å². The summed E-state index contributed by atoms with van der Waals surface area (Å²) < 4.78 is 11.6. The van der Waals surface area contributed by atoms with E-state index >= 15 is 0 Å². The normalized spacial score (nSPS) is 23.9. The van der Waals surface area contributed by atoms with Gasteiger partial charge in [0.1, 0.15) is 5.02 Å². The molecule has 1 amide bonds. The molecule has 6 nitrogen and oxygen atoms in total. The molecular formula is C19H24ClN3O3. The maximum absolute atomic E-state index is 10.8. The molecule has 3 heterocycles. The Morgan fingerprint density at radius 3 is 2.92 bits per heavy atom. The third kappa shape index (κ3) is 3.67. The second-order valence-electron chi connectivity index (χ2n) is 7.33. The smallest absolute Gasteiger partial charge is 0.234 e. The highest BCUT2D eigenvalue weighted by molar-refractivity contribution is 6.34. The molecule has 0 spiro atoms. The molecule has 1 aromatic rings. The molecule has 0 radical (unpaired) electrons. The van der Waals surface area contributed by atoms with E-state index in [1.54, 1.807) is 6.20 Å². The second kappa shape index (κ2) is 7.45. The minimum Gasteiger partial charge on any atom is -0.476 e. The van der Waals surface area contributed by atoms with Crippen LogP contribution in [0.4, 0.5) is 5.69 Å². The van der Waals surface area contributed by atoms with E-state index < -0.39 is 0 Å². The fourth-order valence-electron chi connectivity index (χ4n) is 3.73. The zero-order chi connectivity index (χ0) is 18.1. The Balaban J connectivity index is 1.21. The van der Waals surface area contributed by atoms with Crippen molar-refractivity contribution >= 4 is 23.2 Å². The number of halogens is 1. The van der Waals surface area contributed by atoms with Crippen molar-refractivity contribution in [3.05, 3.63) is 29.1 Å². The predicted octanol–water partition coefficient (Wildman–Crippen LogP) is 2.91. The maximum atomic E-state index is 10.8. The van der Waals surface area contributed by atoms with Gasteiger partial charge in [-0.05, 0) is 43.2 Å². The second-order valence-corrected chi connectivity index (χ2v) is 7.71. The standard InChI is InChI=1S/C19H24ClN3O3/c1-12(24)21-4-5-25-16-8-14(9-16)11-26-19-18(20)17(2-3-22-19)23-10-13-6-15(23)7-13/h2-3,10,14-16H,4-9,11H2,1H3,(H,21,24). The Bertz CT molecular complexity index is 710. The summed E-state index contributed by atoms with van der Waals surface area (Å²) in [5, 5.41) is 3.32. The van der Waals surface area contributed by atoms with Gasteiger partial charge in [0.2, 0.25) is 11.8 Å². The first-order chi connectivity index (χ1) is 12.6. The van der Waals surface area contributed by atoms with Crippen molar-refractivity contribution in [1.82, 2.24) is 10.3 Å². The number of nitrogens with one attached hydrogen (secondary N) is 1. The average molecular weight is 378 g/mol. The molecule has 1 N–H and O–H groups in total. The Hall–Kier alpha value is -1.79. The third-order valence-electron chi connectivity index (χ3n) is 5.30. The first-order valence-electron chi connectivity index (χ1n) is 9.21. The number of aromatic nitrogens is 1. The topological polar surface area (TPSA) is 63.7 Å². The molecule has 2 fully saturated rings. The van der Waals surface area contributed by atoms with Crippen LogP contribution in [0.15, 0.2) is 24.0 Å². The van der Waals surface area contributed by atoms with Crippen LogP contribution in [-0.4, -0.2) is 42.8 Å². The molecular weight excluding hydrogens is 354 g/mol. The van der Waals surface area contributed by atoms with Crippen molar-refractivity contribution in [2.24, 2.45) is 5.92 Å². The number of rotatable bonds is 8. The lowest BCUT2D eigenvalue weighted by molar-refractivity contribution is -0.119. The molecule has 1 aromatic heterocycles. The van der Waals surface area contributed by atoms with E-state index in [0.717, 1.165) is 31.4 Å². The van der Waals surface area contributed by atoms with Gasteiger partial charge in [-0.3, -0.25) is 4.79 Å². The Morgan fingerprint density at radius 1 is 1.42 bits per heavy atom. The van der Waals surface area contributed by atoms with Crippen molar-refractivity contribution < 1.29 is 14.3 Å². The number of pyridine rings is 1. The number of nitrogens with zero attached hydrogens (tertiary/aromatic N) is 2. The Morgan fingerprint density at radius 2 is 2.23 bits per heavy atom. The van der Waals surface area contributed by atoms with E-state index in [-0.39, 0.29) is 12.0 Å². The zero-order valence-electron chi connectivity index (χ0n) is 14.9. The summed E-state index contributed by atoms with van der Waals surface area (Å²) in [4.78, 5) is 17.3. The van der Waals surface area contributed by atoms with Gasteiger partial charge in [0, 0.05) is 31.9 Å². The van der Waals surface area contributed by atoms with Gasteiger partial charge in [-0.25, -0.2) is 4.98 Å². The molecule has 2 aliphatic carbocycles. The molecule has 0 atom stereocenters. The van der Waals surface area contributed by atoms with E-state index in [1.165, 1.54) is 12.5 Å². The van der Waals surface area contributed by atoms with Crippen molar-refractivity contribution in [1.29, 1.82) is 0 Å². The van der Waals surface area contributed by atoms with Gasteiger partial charge in [0.15, 0.2) is 0 Å². The maximum Gasteiger partial charge on any atom is 0.234 e. The van der Waals surface area contributed by atoms with Gasteiger partial charge in [-0.1, -0.05) is 11.6 Å². The highest BCUT2D eigenvalue weighted by atomic mass is 35.5. The van der Waals surface area contributed by atoms with Crippen molar-refractivity contribution in [2.45, 2.75) is 44.8 Å². The summed E-state index contributed by atoms with van der Waals surface area (Å²) in [5.74, 6) is 0.952. The number of hydrogen-bond donors (Lipinski definition) is 1. The van der Waals surface area contributed by atoms with Gasteiger partial charge in [-0.15, -0.1) is 0 Å². The van der Waals surface area contributed by atoms with Crippen LogP contribution in [0.1, 0.15) is 32.6 Å². The van der Waals surface area contributed by atoms with E-state index in [4.69, 9.17) is 21.1 Å². The van der Waals surface area contributed by atoms with Gasteiger partial charge in [0.25, 0.3) is 0 Å². The van der Waals surface area contributed by atoms with Gasteiger partial charge in [0.05, 0.1) is 25.0 Å². The predicted molar refractivity (Wildman–Crippen MR) is 99.5 cm³/mol. The zero-order valence-corrected chi connectivity index (χ0v) is 15.7. The van der Waals surface area contributed by atoms with E-state index in [0.29, 0.717) is 42.6 Å². The molecule has 2 saturated carbocycles. The van der Waals surface area contributed by atoms with E-state index in [1.807, 2.05) is 6.07 Å². The van der Waals surface area contributed by atoms with Crippen LogP contribution in [0.2, 0.25) is 5.02 Å². The van der Waals surface area contributed by atoms with Crippen molar-refractivity contribution in [3.8, 4) is 5.88 Å². The SMILES string of the molecule is CC(=O)NCCOC1CC(COc2nccc(N3C=C4CC3C4)c2Cl)C1. The molecule has 2 aliphatic heterocycles. The lowest BCUT2D eigenvalue weighted by atomic mass is 9.83. The van der Waals surface area contributed by atoms with Crippen LogP contribution in [0.3, 0.4) is 0 Å². The van der Waals surface area contributed by atoms with Gasteiger partial charge in [-0.2, -0.15) is 0 Å². The van der Waals surface area contributed by atoms with Crippen molar-refractivity contribution in [3.63, 3.8) is 0 Å². The average Bonchev–Trinajstić information content (AvgIpc) is 3.13. The lowest BCUT2D eigenvalue weighted by Gasteiger charge is -2.35. The fraction of sp³-hybridized carbons (Fsp3) is 0.579. The summed E-state index contributed by atoms with van der Waals surface area (Å²) in [6.07, 6.45) is 8.47. The largest absolute Gasteiger partial charge is 0.476 e. The van der Waals surface area contributed by atoms with Gasteiger partial charge >= 0.3 is 0 Å². The summed E-state index contributed by atoms with van der Waals surface area (Å²) in [6.45, 7) is 3.23. The minimum absolute atomic E-state index is 0.0255. The monoisotopic (exact) mass is 377 g/mol. The number of carbonyl (C=O) groups excluding carboxylic acids is 1. The molecule has 7 heteroatoms. The van der Waals surface area contributed by atoms with E-state index in [9.17, 15) is 4.79 Å². The Kier molecular flexibility index (Phi) is 5.05. The molecule has 5 rings (SSSR count). The number of amides is 1. The number of hydrogen-bond acceptors (Lipinski definition) is 5. The summed E-state index contributed by atoms with van der Waals surface area (Å²) in [7, 11) is 0. The molecule has 0 unspecified atom stereocenters. The lowest BCUT2D eigenvalue weighted by Crippen LogP contribution is -2.37. The van der Waals surface area contributed by atoms with Crippen LogP contribution < -0.4 is 15.0 Å². The summed E-state index contributed by atoms with van der Waals surface area (Å²) in [5.41, 5.74) is 2.48. The molecule has 0 aromatic carbocycles. The summed E-state index contributed by atoms with van der Waals surface area (Å²) >= 11 is 6.54. The molecule has 0 saturated heterocycles. The number of anilines is 1. The van der Waals surface area contributed by atoms with Crippen LogP contribution in [-0.2, 0) is 9.53 Å². The molecule has 2 bridgehead atoms. The molecule has 4 aliphatic rings. The first-order valence-corrected chi connectivity index (χ1v) is 9.59. The van der Waals surface area contributed by atoms with Crippen LogP contribution in [0, 0.1) is 5.92 Å². The number of fused-ring (bicyclic) bond motifs is 1. The molecule has 26 heavy (non-hydrogen) atoms. The first kappa shape index (κ1) is 17.6. The van der Waals surface area contributed by atoms with Gasteiger partial charge < -0.3 is 19.7 Å². The highest BCUT2D eigenvalue weighted by Crippen LogP contribution is 2.45. The third-order valence-corrected chi connectivity index (χ3v) is 5.66. The minimum atomic E-state index is -0.0255. The number of ether oxygens (including phenoxy) is 2. The quantitative estimate of drug-likeness (QED) is 0.706. The highest BCUT2D eigenvalue weighted by Gasteiger charge is 2.37. The van der Waals surface area contributed by atoms with E-state index in [2.05, 4.69) is 21.4 Å². The van der Waals surface area contributed by atoms with Crippen LogP contribution >= 0.6 is 11.6 Å². The summed E-state index contributed by atoms with van der Waals surface area (Å²) in [6, 6.07) is 2.51. The fourth-order valence-corrected chi connectivity index (χ4v) is 3.99.